The molecule has 24 heavy (non-hydrogen) atoms. The first-order valence-electron chi connectivity index (χ1n) is 8.77. The van der Waals surface area contributed by atoms with Gasteiger partial charge in [-0.15, -0.1) is 0 Å². The molecule has 1 heterocycles. The average molecular weight is 328 g/mol. The molecule has 1 aromatic heterocycles. The number of carbonyl (C=O) groups excluding carboxylic acids is 1. The molecule has 0 spiro atoms. The van der Waals surface area contributed by atoms with E-state index >= 15 is 0 Å². The summed E-state index contributed by atoms with van der Waals surface area (Å²) < 4.78 is 1.88. The van der Waals surface area contributed by atoms with Gasteiger partial charge in [0.1, 0.15) is 0 Å². The van der Waals surface area contributed by atoms with Crippen LogP contribution < -0.4 is 10.6 Å². The summed E-state index contributed by atoms with van der Waals surface area (Å²) in [6, 6.07) is 10.1. The van der Waals surface area contributed by atoms with Gasteiger partial charge in [-0.05, 0) is 30.5 Å². The standard InChI is InChI=1S/C19H28N4O/c1-3-4-5-9-16(2)22-19(24)20-14-17-10-6-7-11-18(17)15-23-13-8-12-21-23/h6-8,10-13,16H,3-5,9,14-15H2,1-2H3,(H2,20,22,24). The summed E-state index contributed by atoms with van der Waals surface area (Å²) in [5, 5.41) is 10.2. The second kappa shape index (κ2) is 9.75. The van der Waals surface area contributed by atoms with Gasteiger partial charge < -0.3 is 10.6 Å². The van der Waals surface area contributed by atoms with E-state index in [0.717, 1.165) is 24.0 Å². The normalized spacial score (nSPS) is 11.9. The van der Waals surface area contributed by atoms with Crippen LogP contribution in [0.5, 0.6) is 0 Å². The van der Waals surface area contributed by atoms with E-state index in [1.54, 1.807) is 6.20 Å². The predicted octanol–water partition coefficient (Wildman–Crippen LogP) is 3.70. The highest BCUT2D eigenvalue weighted by atomic mass is 16.2. The van der Waals surface area contributed by atoms with Crippen LogP contribution in [0.1, 0.15) is 50.7 Å². The Kier molecular flexibility index (Phi) is 7.33. The lowest BCUT2D eigenvalue weighted by Gasteiger charge is -2.15. The van der Waals surface area contributed by atoms with Crippen LogP contribution in [0.15, 0.2) is 42.7 Å². The summed E-state index contributed by atoms with van der Waals surface area (Å²) in [5.41, 5.74) is 2.28. The van der Waals surface area contributed by atoms with Gasteiger partial charge >= 0.3 is 6.03 Å². The van der Waals surface area contributed by atoms with Crippen molar-refractivity contribution < 1.29 is 4.79 Å². The Balaban J connectivity index is 1.82. The summed E-state index contributed by atoms with van der Waals surface area (Å²) in [6.45, 7) is 5.47. The largest absolute Gasteiger partial charge is 0.336 e. The number of rotatable bonds is 9. The van der Waals surface area contributed by atoms with Gasteiger partial charge in [0.25, 0.3) is 0 Å². The van der Waals surface area contributed by atoms with Crippen molar-refractivity contribution in [2.45, 2.75) is 58.7 Å². The zero-order valence-corrected chi connectivity index (χ0v) is 14.7. The van der Waals surface area contributed by atoms with Gasteiger partial charge in [0.2, 0.25) is 0 Å². The van der Waals surface area contributed by atoms with Crippen molar-refractivity contribution in [1.29, 1.82) is 0 Å². The van der Waals surface area contributed by atoms with Crippen molar-refractivity contribution in [1.82, 2.24) is 20.4 Å². The topological polar surface area (TPSA) is 59.0 Å². The van der Waals surface area contributed by atoms with E-state index in [1.165, 1.54) is 12.8 Å². The molecular formula is C19H28N4O. The third-order valence-electron chi connectivity index (χ3n) is 4.07. The molecule has 2 amide bonds. The molecule has 0 aliphatic rings. The lowest BCUT2D eigenvalue weighted by molar-refractivity contribution is 0.236. The Bertz CT molecular complexity index is 610. The van der Waals surface area contributed by atoms with Crippen molar-refractivity contribution in [3.05, 3.63) is 53.9 Å². The highest BCUT2D eigenvalue weighted by Crippen LogP contribution is 2.10. The van der Waals surface area contributed by atoms with Crippen LogP contribution in [0, 0.1) is 0 Å². The zero-order valence-electron chi connectivity index (χ0n) is 14.7. The summed E-state index contributed by atoms with van der Waals surface area (Å²) in [6.07, 6.45) is 8.31. The van der Waals surface area contributed by atoms with Crippen LogP contribution >= 0.6 is 0 Å². The third-order valence-corrected chi connectivity index (χ3v) is 4.07. The molecule has 0 aliphatic carbocycles. The summed E-state index contributed by atoms with van der Waals surface area (Å²) in [7, 11) is 0. The molecule has 5 heteroatoms. The Labute approximate surface area is 144 Å². The van der Waals surface area contributed by atoms with Crippen LogP contribution in [-0.4, -0.2) is 21.9 Å². The van der Waals surface area contributed by atoms with E-state index in [4.69, 9.17) is 0 Å². The van der Waals surface area contributed by atoms with E-state index in [2.05, 4.69) is 35.6 Å². The first-order valence-corrected chi connectivity index (χ1v) is 8.77. The number of benzene rings is 1. The predicted molar refractivity (Wildman–Crippen MR) is 96.7 cm³/mol. The zero-order chi connectivity index (χ0) is 17.2. The van der Waals surface area contributed by atoms with Gasteiger partial charge in [0, 0.05) is 25.0 Å². The molecule has 5 nitrogen and oxygen atoms in total. The maximum atomic E-state index is 12.0. The average Bonchev–Trinajstić information content (AvgIpc) is 3.07. The van der Waals surface area contributed by atoms with Crippen LogP contribution in [0.4, 0.5) is 4.79 Å². The molecular weight excluding hydrogens is 300 g/mol. The minimum atomic E-state index is -0.104. The molecule has 0 bridgehead atoms. The van der Waals surface area contributed by atoms with Gasteiger partial charge in [-0.2, -0.15) is 5.10 Å². The van der Waals surface area contributed by atoms with E-state index < -0.39 is 0 Å². The number of hydrogen-bond donors (Lipinski definition) is 2. The Morgan fingerprint density at radius 2 is 2.00 bits per heavy atom. The molecule has 1 aromatic carbocycles. The minimum Gasteiger partial charge on any atom is -0.336 e. The molecule has 2 rings (SSSR count). The molecule has 1 unspecified atom stereocenters. The molecule has 2 aromatic rings. The summed E-state index contributed by atoms with van der Waals surface area (Å²) >= 11 is 0. The van der Waals surface area contributed by atoms with Crippen LogP contribution in [0.25, 0.3) is 0 Å². The van der Waals surface area contributed by atoms with Gasteiger partial charge in [-0.1, -0.05) is 50.5 Å². The number of nitrogens with one attached hydrogen (secondary N) is 2. The van der Waals surface area contributed by atoms with Gasteiger partial charge in [0.15, 0.2) is 0 Å². The number of urea groups is 1. The number of hydrogen-bond acceptors (Lipinski definition) is 2. The fourth-order valence-corrected chi connectivity index (χ4v) is 2.68. The van der Waals surface area contributed by atoms with E-state index in [9.17, 15) is 4.79 Å². The monoisotopic (exact) mass is 328 g/mol. The van der Waals surface area contributed by atoms with Gasteiger partial charge in [0.05, 0.1) is 6.54 Å². The molecule has 0 aliphatic heterocycles. The van der Waals surface area contributed by atoms with Crippen molar-refractivity contribution >= 4 is 6.03 Å². The van der Waals surface area contributed by atoms with Gasteiger partial charge in [-0.25, -0.2) is 4.79 Å². The second-order valence-electron chi connectivity index (χ2n) is 6.20. The van der Waals surface area contributed by atoms with Crippen LogP contribution in [-0.2, 0) is 13.1 Å². The quantitative estimate of drug-likeness (QED) is 0.690. The van der Waals surface area contributed by atoms with E-state index in [1.807, 2.05) is 35.1 Å². The number of nitrogens with zero attached hydrogens (tertiary/aromatic N) is 2. The minimum absolute atomic E-state index is 0.104. The molecule has 0 radical (unpaired) electrons. The molecule has 0 saturated heterocycles. The maximum absolute atomic E-state index is 12.0. The van der Waals surface area contributed by atoms with Crippen molar-refractivity contribution in [2.75, 3.05) is 0 Å². The van der Waals surface area contributed by atoms with Crippen molar-refractivity contribution in [3.63, 3.8) is 0 Å². The molecule has 2 N–H and O–H groups in total. The Hall–Kier alpha value is -2.30. The number of amides is 2. The molecule has 1 atom stereocenters. The molecule has 0 fully saturated rings. The highest BCUT2D eigenvalue weighted by Gasteiger charge is 2.08. The van der Waals surface area contributed by atoms with E-state index in [-0.39, 0.29) is 12.1 Å². The lowest BCUT2D eigenvalue weighted by Crippen LogP contribution is -2.40. The van der Waals surface area contributed by atoms with E-state index in [0.29, 0.717) is 13.1 Å². The summed E-state index contributed by atoms with van der Waals surface area (Å²) in [4.78, 5) is 12.0. The molecule has 0 saturated carbocycles. The van der Waals surface area contributed by atoms with Crippen LogP contribution in [0.2, 0.25) is 0 Å². The third kappa shape index (κ3) is 6.07. The van der Waals surface area contributed by atoms with Crippen molar-refractivity contribution in [3.8, 4) is 0 Å². The maximum Gasteiger partial charge on any atom is 0.315 e. The van der Waals surface area contributed by atoms with Crippen LogP contribution in [0.3, 0.4) is 0 Å². The first kappa shape index (κ1) is 18.0. The molecule has 130 valence electrons. The number of carbonyl (C=O) groups is 1. The lowest BCUT2D eigenvalue weighted by atomic mass is 10.1. The fraction of sp³-hybridized carbons (Fsp3) is 0.474. The Morgan fingerprint density at radius 3 is 2.71 bits per heavy atom. The SMILES string of the molecule is CCCCCC(C)NC(=O)NCc1ccccc1Cn1cccn1. The fourth-order valence-electron chi connectivity index (χ4n) is 2.68. The smallest absolute Gasteiger partial charge is 0.315 e. The second-order valence-corrected chi connectivity index (χ2v) is 6.20. The summed E-state index contributed by atoms with van der Waals surface area (Å²) in [5.74, 6) is 0. The van der Waals surface area contributed by atoms with Crippen molar-refractivity contribution in [2.24, 2.45) is 0 Å². The Morgan fingerprint density at radius 1 is 1.21 bits per heavy atom. The number of aromatic nitrogens is 2. The number of unbranched alkanes of at least 4 members (excludes halogenated alkanes) is 2. The highest BCUT2D eigenvalue weighted by molar-refractivity contribution is 5.74. The first-order chi connectivity index (χ1) is 11.7. The van der Waals surface area contributed by atoms with Gasteiger partial charge in [-0.3, -0.25) is 4.68 Å².